The van der Waals surface area contributed by atoms with Crippen LogP contribution in [0.1, 0.15) is 18.5 Å². The van der Waals surface area contributed by atoms with Crippen LogP contribution in [0, 0.1) is 0 Å². The van der Waals surface area contributed by atoms with Gasteiger partial charge in [-0.1, -0.05) is 66.4 Å². The standard InChI is InChI=1S/C24H23N5O2S/c1-17(18-8-10-20(11-9-18)19-6-4-3-5-7-19)28(2)23(31)16-32-24-25-26-27-29(24)21-12-14-22(30)15-13-21/h3-15,17,30H,16H2,1-2H3/t17-/m1/s1. The monoisotopic (exact) mass is 445 g/mol. The van der Waals surface area contributed by atoms with E-state index in [1.165, 1.54) is 17.3 Å². The number of thioether (sulfide) groups is 1. The molecule has 0 saturated heterocycles. The van der Waals surface area contributed by atoms with E-state index in [9.17, 15) is 9.90 Å². The van der Waals surface area contributed by atoms with E-state index < -0.39 is 0 Å². The van der Waals surface area contributed by atoms with Gasteiger partial charge < -0.3 is 10.0 Å². The molecule has 0 bridgehead atoms. The number of benzene rings is 3. The molecule has 162 valence electrons. The molecule has 0 fully saturated rings. The van der Waals surface area contributed by atoms with Crippen LogP contribution >= 0.6 is 11.8 Å². The zero-order chi connectivity index (χ0) is 22.5. The maximum atomic E-state index is 12.8. The quantitative estimate of drug-likeness (QED) is 0.426. The highest BCUT2D eigenvalue weighted by atomic mass is 32.2. The van der Waals surface area contributed by atoms with E-state index in [-0.39, 0.29) is 23.5 Å². The average Bonchev–Trinajstić information content (AvgIpc) is 3.31. The van der Waals surface area contributed by atoms with Crippen LogP contribution in [0.4, 0.5) is 0 Å². The van der Waals surface area contributed by atoms with Crippen molar-refractivity contribution in [3.63, 3.8) is 0 Å². The van der Waals surface area contributed by atoms with Gasteiger partial charge in [0.2, 0.25) is 11.1 Å². The molecule has 0 aliphatic rings. The summed E-state index contributed by atoms with van der Waals surface area (Å²) in [6.07, 6.45) is 0. The second kappa shape index (κ2) is 9.65. The molecule has 0 radical (unpaired) electrons. The number of phenolic OH excluding ortho intramolecular Hbond substituents is 1. The smallest absolute Gasteiger partial charge is 0.233 e. The van der Waals surface area contributed by atoms with Crippen LogP contribution in [0.3, 0.4) is 0 Å². The molecule has 7 nitrogen and oxygen atoms in total. The summed E-state index contributed by atoms with van der Waals surface area (Å²) in [5.74, 6) is 0.356. The SMILES string of the molecule is C[C@H](c1ccc(-c2ccccc2)cc1)N(C)C(=O)CSc1nnnn1-c1ccc(O)cc1. The Labute approximate surface area is 190 Å². The molecule has 1 aromatic heterocycles. The number of tetrazole rings is 1. The normalized spacial score (nSPS) is 11.8. The van der Waals surface area contributed by atoms with Gasteiger partial charge in [-0.2, -0.15) is 4.68 Å². The van der Waals surface area contributed by atoms with Crippen molar-refractivity contribution in [2.45, 2.75) is 18.1 Å². The van der Waals surface area contributed by atoms with Gasteiger partial charge in [0, 0.05) is 7.05 Å². The fourth-order valence-electron chi connectivity index (χ4n) is 3.28. The molecule has 1 N–H and O–H groups in total. The zero-order valence-electron chi connectivity index (χ0n) is 17.8. The highest BCUT2D eigenvalue weighted by Gasteiger charge is 2.19. The molecule has 1 atom stereocenters. The molecule has 32 heavy (non-hydrogen) atoms. The van der Waals surface area contributed by atoms with Gasteiger partial charge in [-0.05, 0) is 58.3 Å². The number of carbonyl (C=O) groups excluding carboxylic acids is 1. The Morgan fingerprint density at radius 2 is 1.66 bits per heavy atom. The molecule has 0 spiro atoms. The minimum Gasteiger partial charge on any atom is -0.508 e. The van der Waals surface area contributed by atoms with Gasteiger partial charge >= 0.3 is 0 Å². The summed E-state index contributed by atoms with van der Waals surface area (Å²) in [7, 11) is 1.81. The van der Waals surface area contributed by atoms with Crippen LogP contribution in [-0.4, -0.2) is 48.9 Å². The van der Waals surface area contributed by atoms with Crippen molar-refractivity contribution >= 4 is 17.7 Å². The number of amides is 1. The van der Waals surface area contributed by atoms with Crippen LogP contribution in [0.25, 0.3) is 16.8 Å². The molecular weight excluding hydrogens is 422 g/mol. The number of hydrogen-bond donors (Lipinski definition) is 1. The van der Waals surface area contributed by atoms with Crippen LogP contribution in [0.15, 0.2) is 84.0 Å². The summed E-state index contributed by atoms with van der Waals surface area (Å²) < 4.78 is 1.54. The summed E-state index contributed by atoms with van der Waals surface area (Å²) in [6, 6.07) is 25.0. The van der Waals surface area contributed by atoms with E-state index in [0.717, 1.165) is 11.1 Å². The Hall–Kier alpha value is -3.65. The van der Waals surface area contributed by atoms with Crippen molar-refractivity contribution < 1.29 is 9.90 Å². The third kappa shape index (κ3) is 4.81. The summed E-state index contributed by atoms with van der Waals surface area (Å²) in [4.78, 5) is 14.6. The second-order valence-electron chi connectivity index (χ2n) is 7.35. The lowest BCUT2D eigenvalue weighted by Gasteiger charge is -2.25. The molecule has 0 aliphatic heterocycles. The van der Waals surface area contributed by atoms with E-state index >= 15 is 0 Å². The summed E-state index contributed by atoms with van der Waals surface area (Å²) in [5.41, 5.74) is 4.09. The zero-order valence-corrected chi connectivity index (χ0v) is 18.6. The van der Waals surface area contributed by atoms with E-state index in [1.54, 1.807) is 33.8 Å². The number of aromatic hydroxyl groups is 1. The highest BCUT2D eigenvalue weighted by molar-refractivity contribution is 7.99. The van der Waals surface area contributed by atoms with Crippen molar-refractivity contribution in [3.05, 3.63) is 84.4 Å². The van der Waals surface area contributed by atoms with Crippen molar-refractivity contribution in [3.8, 4) is 22.6 Å². The van der Waals surface area contributed by atoms with Gasteiger partial charge in [-0.3, -0.25) is 4.79 Å². The minimum atomic E-state index is -0.0685. The summed E-state index contributed by atoms with van der Waals surface area (Å²) in [5, 5.41) is 21.7. The first-order valence-electron chi connectivity index (χ1n) is 10.1. The first-order valence-corrected chi connectivity index (χ1v) is 11.1. The molecule has 4 rings (SSSR count). The summed E-state index contributed by atoms with van der Waals surface area (Å²) in [6.45, 7) is 2.01. The van der Waals surface area contributed by atoms with E-state index in [1.807, 2.05) is 32.2 Å². The number of phenols is 1. The molecule has 4 aromatic rings. The number of rotatable bonds is 7. The third-order valence-corrected chi connectivity index (χ3v) is 6.24. The number of nitrogens with zero attached hydrogens (tertiary/aromatic N) is 5. The van der Waals surface area contributed by atoms with Gasteiger partial charge in [0.05, 0.1) is 17.5 Å². The van der Waals surface area contributed by atoms with E-state index in [4.69, 9.17) is 0 Å². The predicted molar refractivity (Wildman–Crippen MR) is 125 cm³/mol. The molecule has 0 unspecified atom stereocenters. The van der Waals surface area contributed by atoms with Crippen LogP contribution in [0.5, 0.6) is 5.75 Å². The maximum Gasteiger partial charge on any atom is 0.233 e. The van der Waals surface area contributed by atoms with Crippen LogP contribution in [0.2, 0.25) is 0 Å². The number of carbonyl (C=O) groups is 1. The molecular formula is C24H23N5O2S. The predicted octanol–water partition coefficient (Wildman–Crippen LogP) is 4.35. The molecule has 3 aromatic carbocycles. The number of hydrogen-bond acceptors (Lipinski definition) is 6. The van der Waals surface area contributed by atoms with Crippen molar-refractivity contribution in [1.29, 1.82) is 0 Å². The maximum absolute atomic E-state index is 12.8. The minimum absolute atomic E-state index is 0.0186. The Morgan fingerprint density at radius 3 is 2.34 bits per heavy atom. The van der Waals surface area contributed by atoms with Gasteiger partial charge in [-0.15, -0.1) is 5.10 Å². The second-order valence-corrected chi connectivity index (χ2v) is 8.29. The van der Waals surface area contributed by atoms with E-state index in [2.05, 4.69) is 51.9 Å². The van der Waals surface area contributed by atoms with Gasteiger partial charge in [0.15, 0.2) is 0 Å². The lowest BCUT2D eigenvalue weighted by Crippen LogP contribution is -2.31. The van der Waals surface area contributed by atoms with Crippen molar-refractivity contribution in [2.24, 2.45) is 0 Å². The highest BCUT2D eigenvalue weighted by Crippen LogP contribution is 2.26. The lowest BCUT2D eigenvalue weighted by molar-refractivity contribution is -0.128. The topological polar surface area (TPSA) is 84.1 Å². The van der Waals surface area contributed by atoms with E-state index in [0.29, 0.717) is 10.8 Å². The Kier molecular flexibility index (Phi) is 6.51. The first kappa shape index (κ1) is 21.6. The fourth-order valence-corrected chi connectivity index (χ4v) is 4.09. The Bertz CT molecular complexity index is 1180. The molecule has 8 heteroatoms. The molecule has 0 saturated carbocycles. The van der Waals surface area contributed by atoms with Gasteiger partial charge in [-0.25, -0.2) is 0 Å². The lowest BCUT2D eigenvalue weighted by atomic mass is 10.0. The Balaban J connectivity index is 1.39. The fraction of sp³-hybridized carbons (Fsp3) is 0.167. The molecule has 1 heterocycles. The first-order chi connectivity index (χ1) is 15.5. The largest absolute Gasteiger partial charge is 0.508 e. The number of aromatic nitrogens is 4. The molecule has 0 aliphatic carbocycles. The van der Waals surface area contributed by atoms with Crippen molar-refractivity contribution in [2.75, 3.05) is 12.8 Å². The van der Waals surface area contributed by atoms with Gasteiger partial charge in [0.25, 0.3) is 0 Å². The van der Waals surface area contributed by atoms with Gasteiger partial charge in [0.1, 0.15) is 5.75 Å². The third-order valence-electron chi connectivity index (χ3n) is 5.33. The Morgan fingerprint density at radius 1 is 1.00 bits per heavy atom. The van der Waals surface area contributed by atoms with Crippen molar-refractivity contribution in [1.82, 2.24) is 25.1 Å². The molecule has 1 amide bonds. The van der Waals surface area contributed by atoms with Crippen LogP contribution in [-0.2, 0) is 4.79 Å². The average molecular weight is 446 g/mol. The van der Waals surface area contributed by atoms with Crippen LogP contribution < -0.4 is 0 Å². The summed E-state index contributed by atoms with van der Waals surface area (Å²) >= 11 is 1.27.